The van der Waals surface area contributed by atoms with Gasteiger partial charge in [0.15, 0.2) is 0 Å². The predicted molar refractivity (Wildman–Crippen MR) is 79.4 cm³/mol. The molecular weight excluding hydrogens is 313 g/mol. The van der Waals surface area contributed by atoms with Gasteiger partial charge in [-0.3, -0.25) is 0 Å². The van der Waals surface area contributed by atoms with Crippen molar-refractivity contribution in [3.8, 4) is 5.75 Å². The van der Waals surface area contributed by atoms with E-state index in [1.807, 2.05) is 31.2 Å². The van der Waals surface area contributed by atoms with E-state index >= 15 is 0 Å². The molecule has 116 valence electrons. The molecule has 22 heavy (non-hydrogen) atoms. The summed E-state index contributed by atoms with van der Waals surface area (Å²) in [6, 6.07) is 11.6. The molecule has 1 heterocycles. The number of halogens is 4. The van der Waals surface area contributed by atoms with E-state index in [1.165, 1.54) is 6.07 Å². The SMILES string of the molecule is CC1CC(c2ccc(Cl)c(C(F)(F)F)c2)c2ccccc2O1. The molecule has 1 aliphatic rings. The highest BCUT2D eigenvalue weighted by Gasteiger charge is 2.35. The Labute approximate surface area is 131 Å². The van der Waals surface area contributed by atoms with E-state index in [2.05, 4.69) is 0 Å². The molecule has 0 bridgehead atoms. The first kappa shape index (κ1) is 15.2. The van der Waals surface area contributed by atoms with Gasteiger partial charge in [0.05, 0.1) is 16.7 Å². The molecule has 0 spiro atoms. The fourth-order valence-electron chi connectivity index (χ4n) is 2.89. The normalized spacial score (nSPS) is 21.1. The number of benzene rings is 2. The van der Waals surface area contributed by atoms with Crippen LogP contribution >= 0.6 is 11.6 Å². The fourth-order valence-corrected chi connectivity index (χ4v) is 3.12. The minimum Gasteiger partial charge on any atom is -0.490 e. The van der Waals surface area contributed by atoms with E-state index in [0.29, 0.717) is 12.0 Å². The molecule has 2 atom stereocenters. The Morgan fingerprint density at radius 3 is 2.59 bits per heavy atom. The van der Waals surface area contributed by atoms with Crippen molar-refractivity contribution in [1.82, 2.24) is 0 Å². The Morgan fingerprint density at radius 2 is 1.86 bits per heavy atom. The molecule has 0 aromatic heterocycles. The molecular formula is C17H14ClF3O. The first-order chi connectivity index (χ1) is 10.4. The quantitative estimate of drug-likeness (QED) is 0.657. The predicted octanol–water partition coefficient (Wildman–Crippen LogP) is 5.66. The minimum absolute atomic E-state index is 0.0510. The maximum atomic E-state index is 13.1. The molecule has 0 N–H and O–H groups in total. The van der Waals surface area contributed by atoms with Gasteiger partial charge in [0, 0.05) is 11.5 Å². The highest BCUT2D eigenvalue weighted by Crippen LogP contribution is 2.43. The minimum atomic E-state index is -4.45. The van der Waals surface area contributed by atoms with Crippen LogP contribution in [0.4, 0.5) is 13.2 Å². The van der Waals surface area contributed by atoms with Crippen LogP contribution < -0.4 is 4.74 Å². The number of rotatable bonds is 1. The molecule has 0 fully saturated rings. The summed E-state index contributed by atoms with van der Waals surface area (Å²) in [4.78, 5) is 0. The van der Waals surface area contributed by atoms with Gasteiger partial charge in [0.1, 0.15) is 5.75 Å². The zero-order chi connectivity index (χ0) is 15.9. The second-order valence-corrected chi connectivity index (χ2v) is 5.90. The highest BCUT2D eigenvalue weighted by atomic mass is 35.5. The van der Waals surface area contributed by atoms with Crippen LogP contribution in [0, 0.1) is 0 Å². The summed E-state index contributed by atoms with van der Waals surface area (Å²) in [6.45, 7) is 1.92. The molecule has 5 heteroatoms. The van der Waals surface area contributed by atoms with Crippen molar-refractivity contribution in [1.29, 1.82) is 0 Å². The lowest BCUT2D eigenvalue weighted by Gasteiger charge is -2.31. The summed E-state index contributed by atoms with van der Waals surface area (Å²) in [5, 5.41) is -0.273. The van der Waals surface area contributed by atoms with Gasteiger partial charge in [-0.1, -0.05) is 35.9 Å². The lowest BCUT2D eigenvalue weighted by Crippen LogP contribution is -2.23. The van der Waals surface area contributed by atoms with Crippen molar-refractivity contribution in [3.63, 3.8) is 0 Å². The second-order valence-electron chi connectivity index (χ2n) is 5.49. The van der Waals surface area contributed by atoms with E-state index < -0.39 is 11.7 Å². The van der Waals surface area contributed by atoms with Gasteiger partial charge in [-0.25, -0.2) is 0 Å². The maximum Gasteiger partial charge on any atom is 0.417 e. The third-order valence-electron chi connectivity index (χ3n) is 3.89. The molecule has 0 saturated carbocycles. The van der Waals surface area contributed by atoms with Crippen LogP contribution in [0.25, 0.3) is 0 Å². The molecule has 0 amide bonds. The zero-order valence-electron chi connectivity index (χ0n) is 11.8. The molecule has 0 saturated heterocycles. The summed E-state index contributed by atoms with van der Waals surface area (Å²) in [5.74, 6) is 0.605. The van der Waals surface area contributed by atoms with Crippen LogP contribution in [-0.2, 0) is 6.18 Å². The van der Waals surface area contributed by atoms with Gasteiger partial charge in [0.2, 0.25) is 0 Å². The third-order valence-corrected chi connectivity index (χ3v) is 4.22. The standard InChI is InChI=1S/C17H14ClF3O/c1-10-8-13(12-4-2-3-5-16(12)22-10)11-6-7-15(18)14(9-11)17(19,20)21/h2-7,9-10,13H,8H2,1H3. The van der Waals surface area contributed by atoms with Crippen molar-refractivity contribution in [2.45, 2.75) is 31.5 Å². The smallest absolute Gasteiger partial charge is 0.417 e. The number of hydrogen-bond donors (Lipinski definition) is 0. The monoisotopic (exact) mass is 326 g/mol. The van der Waals surface area contributed by atoms with Gasteiger partial charge >= 0.3 is 6.18 Å². The average Bonchev–Trinajstić information content (AvgIpc) is 2.45. The summed E-state index contributed by atoms with van der Waals surface area (Å²) in [6.07, 6.45) is -3.87. The number of ether oxygens (including phenoxy) is 1. The molecule has 0 aliphatic carbocycles. The molecule has 2 aromatic carbocycles. The highest BCUT2D eigenvalue weighted by molar-refractivity contribution is 6.31. The molecule has 3 rings (SSSR count). The van der Waals surface area contributed by atoms with Gasteiger partial charge in [0.25, 0.3) is 0 Å². The molecule has 2 aromatic rings. The van der Waals surface area contributed by atoms with E-state index in [4.69, 9.17) is 16.3 Å². The third kappa shape index (κ3) is 2.80. The van der Waals surface area contributed by atoms with E-state index in [-0.39, 0.29) is 17.0 Å². The molecule has 1 aliphatic heterocycles. The molecule has 1 nitrogen and oxygen atoms in total. The molecule has 0 radical (unpaired) electrons. The van der Waals surface area contributed by atoms with Crippen molar-refractivity contribution >= 4 is 11.6 Å². The Hall–Kier alpha value is -1.68. The lowest BCUT2D eigenvalue weighted by atomic mass is 9.84. The van der Waals surface area contributed by atoms with E-state index in [1.54, 1.807) is 6.07 Å². The van der Waals surface area contributed by atoms with Crippen LogP contribution in [0.1, 0.15) is 36.0 Å². The summed E-state index contributed by atoms with van der Waals surface area (Å²) < 4.78 is 44.9. The fraction of sp³-hybridized carbons (Fsp3) is 0.294. The Kier molecular flexibility index (Phi) is 3.81. The topological polar surface area (TPSA) is 9.23 Å². The number of para-hydroxylation sites is 1. The van der Waals surface area contributed by atoms with Crippen LogP contribution in [0.2, 0.25) is 5.02 Å². The number of hydrogen-bond acceptors (Lipinski definition) is 1. The Balaban J connectivity index is 2.09. The first-order valence-corrected chi connectivity index (χ1v) is 7.36. The maximum absolute atomic E-state index is 13.1. The van der Waals surface area contributed by atoms with Crippen LogP contribution in [-0.4, -0.2) is 6.10 Å². The summed E-state index contributed by atoms with van der Waals surface area (Å²) in [7, 11) is 0. The first-order valence-electron chi connectivity index (χ1n) is 6.98. The summed E-state index contributed by atoms with van der Waals surface area (Å²) >= 11 is 5.70. The van der Waals surface area contributed by atoms with Crippen molar-refractivity contribution < 1.29 is 17.9 Å². The van der Waals surface area contributed by atoms with Crippen molar-refractivity contribution in [2.75, 3.05) is 0 Å². The van der Waals surface area contributed by atoms with Gasteiger partial charge < -0.3 is 4.74 Å². The second kappa shape index (κ2) is 5.51. The average molecular weight is 327 g/mol. The lowest BCUT2D eigenvalue weighted by molar-refractivity contribution is -0.137. The van der Waals surface area contributed by atoms with E-state index in [9.17, 15) is 13.2 Å². The summed E-state index contributed by atoms with van der Waals surface area (Å²) in [5.41, 5.74) is 0.735. The van der Waals surface area contributed by atoms with Crippen molar-refractivity contribution in [2.24, 2.45) is 0 Å². The molecule has 2 unspecified atom stereocenters. The van der Waals surface area contributed by atoms with Gasteiger partial charge in [-0.2, -0.15) is 13.2 Å². The largest absolute Gasteiger partial charge is 0.490 e. The van der Waals surface area contributed by atoms with Crippen LogP contribution in [0.15, 0.2) is 42.5 Å². The zero-order valence-corrected chi connectivity index (χ0v) is 12.6. The Bertz CT molecular complexity index is 697. The number of fused-ring (bicyclic) bond motifs is 1. The van der Waals surface area contributed by atoms with Crippen LogP contribution in [0.5, 0.6) is 5.75 Å². The van der Waals surface area contributed by atoms with Gasteiger partial charge in [-0.05, 0) is 37.1 Å². The van der Waals surface area contributed by atoms with Crippen molar-refractivity contribution in [3.05, 3.63) is 64.2 Å². The van der Waals surface area contributed by atoms with E-state index in [0.717, 1.165) is 17.4 Å². The van der Waals surface area contributed by atoms with Gasteiger partial charge in [-0.15, -0.1) is 0 Å². The Morgan fingerprint density at radius 1 is 1.14 bits per heavy atom. The number of alkyl halides is 3. The van der Waals surface area contributed by atoms with Crippen LogP contribution in [0.3, 0.4) is 0 Å².